The van der Waals surface area contributed by atoms with E-state index in [9.17, 15) is 14.4 Å². The van der Waals surface area contributed by atoms with Crippen molar-refractivity contribution in [2.24, 2.45) is 0 Å². The van der Waals surface area contributed by atoms with Crippen LogP contribution in [0, 0.1) is 0 Å². The number of ether oxygens (including phenoxy) is 4. The van der Waals surface area contributed by atoms with Gasteiger partial charge in [-0.05, 0) is 33.8 Å². The predicted molar refractivity (Wildman–Crippen MR) is 113 cm³/mol. The number of hydrogen-bond acceptors (Lipinski definition) is 8. The molecule has 0 aliphatic carbocycles. The number of fused-ring (bicyclic) bond motifs is 3. The van der Waals surface area contributed by atoms with Crippen molar-refractivity contribution in [2.75, 3.05) is 13.2 Å². The van der Waals surface area contributed by atoms with Crippen molar-refractivity contribution in [1.29, 1.82) is 0 Å². The Balaban J connectivity index is 2.01. The lowest BCUT2D eigenvalue weighted by Gasteiger charge is -2.14. The van der Waals surface area contributed by atoms with Crippen LogP contribution in [-0.4, -0.2) is 37.4 Å². The van der Waals surface area contributed by atoms with Crippen LogP contribution < -0.4 is 15.1 Å². The Bertz CT molecular complexity index is 1160. The molecule has 0 bridgehead atoms. The average molecular weight is 428 g/mol. The van der Waals surface area contributed by atoms with Gasteiger partial charge in [-0.3, -0.25) is 0 Å². The van der Waals surface area contributed by atoms with Crippen LogP contribution in [0.4, 0.5) is 0 Å². The van der Waals surface area contributed by atoms with Crippen molar-refractivity contribution in [3.63, 3.8) is 0 Å². The van der Waals surface area contributed by atoms with Crippen molar-refractivity contribution in [3.8, 4) is 11.5 Å². The zero-order valence-corrected chi connectivity index (χ0v) is 17.8. The minimum atomic E-state index is -0.545. The third-order valence-electron chi connectivity index (χ3n) is 4.09. The molecule has 0 fully saturated rings. The highest BCUT2D eigenvalue weighted by molar-refractivity contribution is 6.08. The Morgan fingerprint density at radius 2 is 1.45 bits per heavy atom. The zero-order valence-electron chi connectivity index (χ0n) is 17.8. The molecule has 0 aliphatic heterocycles. The minimum Gasteiger partial charge on any atom is -0.482 e. The van der Waals surface area contributed by atoms with Gasteiger partial charge in [-0.1, -0.05) is 18.2 Å². The molecular formula is C23H24O8. The Kier molecular flexibility index (Phi) is 6.79. The van der Waals surface area contributed by atoms with E-state index in [1.807, 2.05) is 0 Å². The second kappa shape index (κ2) is 9.51. The number of carbonyl (C=O) groups is 2. The van der Waals surface area contributed by atoms with E-state index in [1.54, 1.807) is 52.0 Å². The van der Waals surface area contributed by atoms with Gasteiger partial charge in [0.15, 0.2) is 13.2 Å². The summed E-state index contributed by atoms with van der Waals surface area (Å²) in [7, 11) is 0. The number of hydrogen-bond donors (Lipinski definition) is 0. The lowest BCUT2D eigenvalue weighted by atomic mass is 10.1. The van der Waals surface area contributed by atoms with Gasteiger partial charge in [-0.15, -0.1) is 0 Å². The van der Waals surface area contributed by atoms with Gasteiger partial charge in [0.25, 0.3) is 0 Å². The predicted octanol–water partition coefficient (Wildman–Crippen LogP) is 3.61. The first-order valence-corrected chi connectivity index (χ1v) is 9.88. The minimum absolute atomic E-state index is 0.200. The van der Waals surface area contributed by atoms with Crippen LogP contribution in [0.1, 0.15) is 27.7 Å². The van der Waals surface area contributed by atoms with E-state index in [0.29, 0.717) is 16.2 Å². The number of carbonyl (C=O) groups excluding carboxylic acids is 2. The van der Waals surface area contributed by atoms with Gasteiger partial charge >= 0.3 is 17.6 Å². The number of benzene rings is 2. The Labute approximate surface area is 178 Å². The molecule has 1 heterocycles. The Morgan fingerprint density at radius 3 is 2.06 bits per heavy atom. The van der Waals surface area contributed by atoms with E-state index in [-0.39, 0.29) is 42.5 Å². The molecule has 0 saturated heterocycles. The molecule has 1 aromatic heterocycles. The molecule has 0 aliphatic rings. The second-order valence-electron chi connectivity index (χ2n) is 7.38. The molecule has 0 saturated carbocycles. The fraction of sp³-hybridized carbons (Fsp3) is 0.348. The molecule has 0 N–H and O–H groups in total. The van der Waals surface area contributed by atoms with Gasteiger partial charge in [-0.2, -0.15) is 0 Å². The molecule has 31 heavy (non-hydrogen) atoms. The summed E-state index contributed by atoms with van der Waals surface area (Å²) in [5.74, 6) is -0.612. The maximum Gasteiger partial charge on any atom is 0.344 e. The normalized spacial score (nSPS) is 11.2. The first-order valence-electron chi connectivity index (χ1n) is 9.88. The van der Waals surface area contributed by atoms with Crippen LogP contribution in [-0.2, 0) is 19.1 Å². The number of rotatable bonds is 8. The van der Waals surface area contributed by atoms with Gasteiger partial charge in [0.05, 0.1) is 23.0 Å². The molecule has 3 rings (SSSR count). The summed E-state index contributed by atoms with van der Waals surface area (Å²) in [6.45, 7) is 6.25. The van der Waals surface area contributed by atoms with Crippen molar-refractivity contribution in [3.05, 3.63) is 46.8 Å². The highest BCUT2D eigenvalue weighted by Gasteiger charge is 2.17. The molecule has 0 unspecified atom stereocenters. The van der Waals surface area contributed by atoms with E-state index < -0.39 is 17.6 Å². The maximum atomic E-state index is 12.4. The summed E-state index contributed by atoms with van der Waals surface area (Å²) < 4.78 is 26.8. The third-order valence-corrected chi connectivity index (χ3v) is 4.09. The van der Waals surface area contributed by atoms with Crippen molar-refractivity contribution < 1.29 is 33.0 Å². The van der Waals surface area contributed by atoms with Gasteiger partial charge in [0, 0.05) is 17.5 Å². The fourth-order valence-corrected chi connectivity index (χ4v) is 3.02. The van der Waals surface area contributed by atoms with Crippen LogP contribution in [0.2, 0.25) is 0 Å². The SMILES string of the molecule is CC(C)OC(=O)COc1cc(OCC(=O)OC(C)C)c2c(c1)oc(=O)c1ccccc12. The molecule has 0 radical (unpaired) electrons. The fourth-order valence-electron chi connectivity index (χ4n) is 3.02. The largest absolute Gasteiger partial charge is 0.482 e. The van der Waals surface area contributed by atoms with Crippen LogP contribution in [0.3, 0.4) is 0 Å². The first kappa shape index (κ1) is 22.1. The summed E-state index contributed by atoms with van der Waals surface area (Å²) in [5, 5.41) is 1.48. The lowest BCUT2D eigenvalue weighted by molar-refractivity contribution is -0.150. The summed E-state index contributed by atoms with van der Waals surface area (Å²) in [5.41, 5.74) is -0.324. The molecule has 0 amide bonds. The van der Waals surface area contributed by atoms with Crippen LogP contribution >= 0.6 is 0 Å². The molecule has 2 aromatic carbocycles. The van der Waals surface area contributed by atoms with E-state index in [2.05, 4.69) is 0 Å². The van der Waals surface area contributed by atoms with E-state index >= 15 is 0 Å². The monoisotopic (exact) mass is 428 g/mol. The van der Waals surface area contributed by atoms with Crippen molar-refractivity contribution in [2.45, 2.75) is 39.9 Å². The Hall–Kier alpha value is -3.55. The quantitative estimate of drug-likeness (QED) is 0.305. The van der Waals surface area contributed by atoms with E-state index in [1.165, 1.54) is 12.1 Å². The Morgan fingerprint density at radius 1 is 0.871 bits per heavy atom. The molecule has 3 aromatic rings. The molecular weight excluding hydrogens is 404 g/mol. The summed E-state index contributed by atoms with van der Waals surface area (Å²) in [4.78, 5) is 36.2. The van der Waals surface area contributed by atoms with Crippen LogP contribution in [0.15, 0.2) is 45.6 Å². The van der Waals surface area contributed by atoms with Gasteiger partial charge in [0.1, 0.15) is 17.1 Å². The highest BCUT2D eigenvalue weighted by Crippen LogP contribution is 2.35. The molecule has 0 spiro atoms. The molecule has 164 valence electrons. The molecule has 8 nitrogen and oxygen atoms in total. The third kappa shape index (κ3) is 5.53. The summed E-state index contributed by atoms with van der Waals surface area (Å²) >= 11 is 0. The summed E-state index contributed by atoms with van der Waals surface area (Å²) in [6, 6.07) is 9.93. The van der Waals surface area contributed by atoms with Gasteiger partial charge in [-0.25, -0.2) is 14.4 Å². The second-order valence-corrected chi connectivity index (χ2v) is 7.38. The highest BCUT2D eigenvalue weighted by atomic mass is 16.6. The topological polar surface area (TPSA) is 101 Å². The first-order chi connectivity index (χ1) is 14.7. The van der Waals surface area contributed by atoms with Crippen molar-refractivity contribution in [1.82, 2.24) is 0 Å². The maximum absolute atomic E-state index is 12.4. The van der Waals surface area contributed by atoms with Gasteiger partial charge < -0.3 is 23.4 Å². The van der Waals surface area contributed by atoms with Crippen LogP contribution in [0.25, 0.3) is 21.7 Å². The van der Waals surface area contributed by atoms with Gasteiger partial charge in [0.2, 0.25) is 0 Å². The van der Waals surface area contributed by atoms with Crippen LogP contribution in [0.5, 0.6) is 11.5 Å². The average Bonchev–Trinajstić information content (AvgIpc) is 2.69. The summed E-state index contributed by atoms with van der Waals surface area (Å²) in [6.07, 6.45) is -0.559. The zero-order chi connectivity index (χ0) is 22.5. The molecule has 0 atom stereocenters. The standard InChI is InChI=1S/C23H24O8/c1-13(2)29-20(24)11-27-15-9-18(28-12-21(25)30-14(3)4)22-16-7-5-6-8-17(16)23(26)31-19(22)10-15/h5-10,13-14H,11-12H2,1-4H3. The smallest absolute Gasteiger partial charge is 0.344 e. The molecule has 8 heteroatoms. The number of esters is 2. The lowest BCUT2D eigenvalue weighted by Crippen LogP contribution is -2.19. The van der Waals surface area contributed by atoms with Crippen molar-refractivity contribution >= 4 is 33.7 Å². The van der Waals surface area contributed by atoms with E-state index in [0.717, 1.165) is 0 Å². The van der Waals surface area contributed by atoms with E-state index in [4.69, 9.17) is 23.4 Å².